The Morgan fingerprint density at radius 3 is 2.79 bits per heavy atom. The molecule has 1 aliphatic carbocycles. The number of likely N-dealkylation sites (tertiary alicyclic amines) is 1. The summed E-state index contributed by atoms with van der Waals surface area (Å²) in [5.41, 5.74) is 9.95. The summed E-state index contributed by atoms with van der Waals surface area (Å²) in [6, 6.07) is 5.21. The van der Waals surface area contributed by atoms with Gasteiger partial charge in [-0.2, -0.15) is 0 Å². The number of fused-ring (bicyclic) bond motifs is 2. The summed E-state index contributed by atoms with van der Waals surface area (Å²) in [5.74, 6) is 1.83. The normalized spacial score (nSPS) is 24.8. The van der Waals surface area contributed by atoms with E-state index in [1.165, 1.54) is 49.8 Å². The van der Waals surface area contributed by atoms with Crippen LogP contribution in [0.4, 0.5) is 5.69 Å². The van der Waals surface area contributed by atoms with Crippen LogP contribution >= 0.6 is 0 Å². The molecule has 130 valence electrons. The number of amidine groups is 1. The number of benzene rings is 1. The van der Waals surface area contributed by atoms with Crippen molar-refractivity contribution in [3.8, 4) is 5.75 Å². The Morgan fingerprint density at radius 2 is 2.17 bits per heavy atom. The van der Waals surface area contributed by atoms with Crippen molar-refractivity contribution < 1.29 is 4.74 Å². The molecule has 4 nitrogen and oxygen atoms in total. The molecule has 2 aliphatic heterocycles. The fraction of sp³-hybridized carbons (Fsp3) is 0.650. The summed E-state index contributed by atoms with van der Waals surface area (Å²) in [6.07, 6.45) is 9.73. The highest BCUT2D eigenvalue weighted by atomic mass is 16.5. The number of hydrogen-bond acceptors (Lipinski definition) is 4. The van der Waals surface area contributed by atoms with Crippen LogP contribution < -0.4 is 10.5 Å². The van der Waals surface area contributed by atoms with Gasteiger partial charge in [0.15, 0.2) is 0 Å². The molecule has 1 saturated heterocycles. The summed E-state index contributed by atoms with van der Waals surface area (Å²) in [4.78, 5) is 7.20. The molecular formula is C20H29N3O. The van der Waals surface area contributed by atoms with Gasteiger partial charge in [-0.05, 0) is 81.8 Å². The van der Waals surface area contributed by atoms with Crippen LogP contribution in [0, 0.1) is 0 Å². The van der Waals surface area contributed by atoms with Gasteiger partial charge in [-0.25, -0.2) is 4.99 Å². The van der Waals surface area contributed by atoms with E-state index in [1.807, 2.05) is 0 Å². The fourth-order valence-corrected chi connectivity index (χ4v) is 4.78. The van der Waals surface area contributed by atoms with Crippen molar-refractivity contribution >= 4 is 11.5 Å². The lowest BCUT2D eigenvalue weighted by atomic mass is 9.64. The summed E-state index contributed by atoms with van der Waals surface area (Å²) in [7, 11) is 4.03. The number of methoxy groups -OCH3 is 1. The van der Waals surface area contributed by atoms with Gasteiger partial charge < -0.3 is 15.4 Å². The molecule has 2 heterocycles. The van der Waals surface area contributed by atoms with Crippen LogP contribution in [-0.2, 0) is 11.8 Å². The number of nitrogens with two attached hydrogens (primary N) is 1. The van der Waals surface area contributed by atoms with Gasteiger partial charge in [0.1, 0.15) is 11.6 Å². The van der Waals surface area contributed by atoms with Crippen LogP contribution in [0.1, 0.15) is 56.1 Å². The molecule has 1 unspecified atom stereocenters. The molecule has 1 aromatic rings. The van der Waals surface area contributed by atoms with E-state index in [4.69, 9.17) is 15.5 Å². The fourth-order valence-electron chi connectivity index (χ4n) is 4.78. The topological polar surface area (TPSA) is 50.8 Å². The SMILES string of the molecule is COc1cc2c(cc1CCCC1CCCN1C)N=C(N)C21CCC1. The number of ether oxygens (including phenoxy) is 1. The van der Waals surface area contributed by atoms with Gasteiger partial charge >= 0.3 is 0 Å². The highest BCUT2D eigenvalue weighted by molar-refractivity contribution is 6.00. The molecule has 4 heteroatoms. The van der Waals surface area contributed by atoms with E-state index in [0.29, 0.717) is 0 Å². The highest BCUT2D eigenvalue weighted by Crippen LogP contribution is 2.52. The standard InChI is InChI=1S/C20H29N3O/c1-23-11-4-8-15(23)7-3-6-14-12-17-16(13-18(14)24-2)20(9-5-10-20)19(21)22-17/h12-13,15H,3-11H2,1-2H3,(H2,21,22). The second-order valence-electron chi connectivity index (χ2n) is 7.78. The van der Waals surface area contributed by atoms with Gasteiger partial charge in [-0.1, -0.05) is 6.42 Å². The Balaban J connectivity index is 1.51. The second kappa shape index (κ2) is 6.07. The number of aliphatic imine (C=N–C) groups is 1. The van der Waals surface area contributed by atoms with E-state index in [1.54, 1.807) is 7.11 Å². The van der Waals surface area contributed by atoms with Gasteiger partial charge in [0, 0.05) is 6.04 Å². The number of hydrogen-bond donors (Lipinski definition) is 1. The smallest absolute Gasteiger partial charge is 0.122 e. The van der Waals surface area contributed by atoms with Crippen LogP contribution in [0.25, 0.3) is 0 Å². The van der Waals surface area contributed by atoms with E-state index in [0.717, 1.165) is 42.6 Å². The van der Waals surface area contributed by atoms with Crippen molar-refractivity contribution in [3.05, 3.63) is 23.3 Å². The van der Waals surface area contributed by atoms with Gasteiger partial charge in [0.05, 0.1) is 18.2 Å². The molecule has 0 bridgehead atoms. The first-order valence-electron chi connectivity index (χ1n) is 9.40. The van der Waals surface area contributed by atoms with Crippen molar-refractivity contribution in [3.63, 3.8) is 0 Å². The van der Waals surface area contributed by atoms with Crippen LogP contribution in [0.5, 0.6) is 5.75 Å². The zero-order valence-corrected chi connectivity index (χ0v) is 15.0. The Labute approximate surface area is 145 Å². The van der Waals surface area contributed by atoms with Gasteiger partial charge in [-0.15, -0.1) is 0 Å². The molecule has 2 N–H and O–H groups in total. The molecular weight excluding hydrogens is 298 g/mol. The van der Waals surface area contributed by atoms with E-state index in [2.05, 4.69) is 24.1 Å². The third kappa shape index (κ3) is 2.43. The van der Waals surface area contributed by atoms with Gasteiger partial charge in [0.25, 0.3) is 0 Å². The van der Waals surface area contributed by atoms with Crippen LogP contribution in [0.3, 0.4) is 0 Å². The molecule has 1 atom stereocenters. The molecule has 24 heavy (non-hydrogen) atoms. The number of nitrogens with zero attached hydrogens (tertiary/aromatic N) is 2. The molecule has 1 aromatic carbocycles. The summed E-state index contributed by atoms with van der Waals surface area (Å²) in [6.45, 7) is 1.25. The van der Waals surface area contributed by atoms with Crippen molar-refractivity contribution in [2.45, 2.75) is 62.8 Å². The first kappa shape index (κ1) is 15.9. The molecule has 4 rings (SSSR count). The molecule has 1 saturated carbocycles. The molecule has 1 spiro atoms. The second-order valence-corrected chi connectivity index (χ2v) is 7.78. The predicted molar refractivity (Wildman–Crippen MR) is 98.4 cm³/mol. The van der Waals surface area contributed by atoms with Gasteiger partial charge in [0.2, 0.25) is 0 Å². The third-order valence-electron chi connectivity index (χ3n) is 6.51. The molecule has 0 aromatic heterocycles. The maximum Gasteiger partial charge on any atom is 0.122 e. The average molecular weight is 327 g/mol. The van der Waals surface area contributed by atoms with E-state index in [-0.39, 0.29) is 5.41 Å². The largest absolute Gasteiger partial charge is 0.496 e. The van der Waals surface area contributed by atoms with Crippen LogP contribution in [-0.4, -0.2) is 37.5 Å². The monoisotopic (exact) mass is 327 g/mol. The minimum atomic E-state index is 0.0215. The first-order chi connectivity index (χ1) is 11.6. The zero-order chi connectivity index (χ0) is 16.7. The molecule has 3 aliphatic rings. The molecule has 0 amide bonds. The van der Waals surface area contributed by atoms with Crippen LogP contribution in [0.2, 0.25) is 0 Å². The summed E-state index contributed by atoms with van der Waals surface area (Å²) in [5, 5.41) is 0. The Morgan fingerprint density at radius 1 is 1.33 bits per heavy atom. The first-order valence-corrected chi connectivity index (χ1v) is 9.40. The Kier molecular flexibility index (Phi) is 4.03. The number of rotatable bonds is 5. The lowest BCUT2D eigenvalue weighted by Crippen LogP contribution is -2.44. The van der Waals surface area contributed by atoms with Crippen molar-refractivity contribution in [1.82, 2.24) is 4.90 Å². The summed E-state index contributed by atoms with van der Waals surface area (Å²) < 4.78 is 5.71. The minimum Gasteiger partial charge on any atom is -0.496 e. The van der Waals surface area contributed by atoms with Crippen molar-refractivity contribution in [2.24, 2.45) is 10.7 Å². The number of aryl methyl sites for hydroxylation is 1. The molecule has 2 fully saturated rings. The maximum absolute atomic E-state index is 6.27. The van der Waals surface area contributed by atoms with E-state index < -0.39 is 0 Å². The lowest BCUT2D eigenvalue weighted by Gasteiger charge is -2.39. The predicted octanol–water partition coefficient (Wildman–Crippen LogP) is 3.54. The highest BCUT2D eigenvalue weighted by Gasteiger charge is 2.47. The molecule has 0 radical (unpaired) electrons. The zero-order valence-electron chi connectivity index (χ0n) is 15.0. The maximum atomic E-state index is 6.27. The Hall–Kier alpha value is -1.55. The lowest BCUT2D eigenvalue weighted by molar-refractivity contribution is 0.291. The third-order valence-corrected chi connectivity index (χ3v) is 6.51. The minimum absolute atomic E-state index is 0.0215. The quantitative estimate of drug-likeness (QED) is 0.900. The Bertz CT molecular complexity index is 663. The average Bonchev–Trinajstić information content (AvgIpc) is 3.05. The van der Waals surface area contributed by atoms with Crippen LogP contribution in [0.15, 0.2) is 17.1 Å². The van der Waals surface area contributed by atoms with E-state index >= 15 is 0 Å². The summed E-state index contributed by atoms with van der Waals surface area (Å²) >= 11 is 0. The van der Waals surface area contributed by atoms with E-state index in [9.17, 15) is 0 Å². The van der Waals surface area contributed by atoms with Crippen molar-refractivity contribution in [1.29, 1.82) is 0 Å². The van der Waals surface area contributed by atoms with Gasteiger partial charge in [-0.3, -0.25) is 0 Å². The van der Waals surface area contributed by atoms with Crippen molar-refractivity contribution in [2.75, 3.05) is 20.7 Å².